The molecule has 1 rings (SSSR count). The number of hydrogen-bond acceptors (Lipinski definition) is 3. The fraction of sp³-hybridized carbons (Fsp3) is 0.750. The molecule has 120 valence electrons. The van der Waals surface area contributed by atoms with Gasteiger partial charge in [0.15, 0.2) is 5.16 Å². The second kappa shape index (κ2) is 6.42. The average molecular weight is 312 g/mol. The Morgan fingerprint density at radius 1 is 1.33 bits per heavy atom. The summed E-state index contributed by atoms with van der Waals surface area (Å²) in [6.07, 6.45) is 2.88. The zero-order valence-corrected chi connectivity index (χ0v) is 15.0. The highest BCUT2D eigenvalue weighted by molar-refractivity contribution is 7.99. The molecule has 21 heavy (non-hydrogen) atoms. The third kappa shape index (κ3) is 5.06. The minimum atomic E-state index is -0.811. The number of hydrogen-bond donors (Lipinski definition) is 1. The van der Waals surface area contributed by atoms with Gasteiger partial charge in [0.1, 0.15) is 0 Å². The van der Waals surface area contributed by atoms with Crippen LogP contribution >= 0.6 is 11.8 Å². The molecule has 0 atom stereocenters. The van der Waals surface area contributed by atoms with Crippen molar-refractivity contribution < 1.29 is 9.90 Å². The molecule has 0 radical (unpaired) electrons. The van der Waals surface area contributed by atoms with Gasteiger partial charge in [0.25, 0.3) is 0 Å². The van der Waals surface area contributed by atoms with E-state index in [9.17, 15) is 4.79 Å². The molecule has 0 spiro atoms. The predicted molar refractivity (Wildman–Crippen MR) is 88.1 cm³/mol. The van der Waals surface area contributed by atoms with Crippen LogP contribution < -0.4 is 0 Å². The van der Waals surface area contributed by atoms with Crippen molar-refractivity contribution in [2.45, 2.75) is 71.5 Å². The van der Waals surface area contributed by atoms with Gasteiger partial charge >= 0.3 is 5.97 Å². The van der Waals surface area contributed by atoms with Gasteiger partial charge in [-0.15, -0.1) is 0 Å². The summed E-state index contributed by atoms with van der Waals surface area (Å²) < 4.78 is 2.23. The first-order chi connectivity index (χ1) is 9.44. The molecule has 0 aliphatic carbocycles. The van der Waals surface area contributed by atoms with Crippen molar-refractivity contribution in [3.63, 3.8) is 0 Å². The van der Waals surface area contributed by atoms with Gasteiger partial charge in [0, 0.05) is 17.4 Å². The molecule has 1 aromatic rings. The molecule has 0 aromatic carbocycles. The van der Waals surface area contributed by atoms with E-state index in [1.165, 1.54) is 11.8 Å². The van der Waals surface area contributed by atoms with E-state index in [2.05, 4.69) is 58.0 Å². The van der Waals surface area contributed by atoms with Crippen LogP contribution in [0, 0.1) is 5.41 Å². The van der Waals surface area contributed by atoms with Crippen LogP contribution in [0.15, 0.2) is 11.4 Å². The van der Waals surface area contributed by atoms with Crippen molar-refractivity contribution in [1.82, 2.24) is 9.55 Å². The molecule has 1 N–H and O–H groups in total. The Hall–Kier alpha value is -0.970. The second-order valence-electron chi connectivity index (χ2n) is 7.69. The van der Waals surface area contributed by atoms with Gasteiger partial charge in [0.2, 0.25) is 0 Å². The molecule has 5 heteroatoms. The molecule has 0 amide bonds. The van der Waals surface area contributed by atoms with Crippen molar-refractivity contribution in [3.8, 4) is 0 Å². The molecule has 1 heterocycles. The fourth-order valence-electron chi connectivity index (χ4n) is 2.97. The summed E-state index contributed by atoms with van der Waals surface area (Å²) in [6.45, 7) is 15.4. The topological polar surface area (TPSA) is 55.1 Å². The van der Waals surface area contributed by atoms with Gasteiger partial charge in [-0.1, -0.05) is 46.4 Å². The summed E-state index contributed by atoms with van der Waals surface area (Å²) >= 11 is 1.30. The number of thioether (sulfide) groups is 1. The van der Waals surface area contributed by atoms with Crippen molar-refractivity contribution in [2.75, 3.05) is 5.75 Å². The highest BCUT2D eigenvalue weighted by atomic mass is 32.2. The van der Waals surface area contributed by atoms with Crippen LogP contribution in [0.5, 0.6) is 0 Å². The van der Waals surface area contributed by atoms with Crippen molar-refractivity contribution in [2.24, 2.45) is 5.41 Å². The first kappa shape index (κ1) is 18.1. The minimum Gasteiger partial charge on any atom is -0.481 e. The lowest BCUT2D eigenvalue weighted by atomic mass is 9.81. The van der Waals surface area contributed by atoms with Crippen LogP contribution in [-0.4, -0.2) is 26.4 Å². The first-order valence-electron chi connectivity index (χ1n) is 7.37. The van der Waals surface area contributed by atoms with Crippen molar-refractivity contribution >= 4 is 17.7 Å². The molecular formula is C16H28N2O2S. The van der Waals surface area contributed by atoms with Crippen LogP contribution in [0.1, 0.15) is 66.5 Å². The maximum absolute atomic E-state index is 10.8. The lowest BCUT2D eigenvalue weighted by molar-refractivity contribution is -0.133. The number of rotatable bonds is 6. The second-order valence-corrected chi connectivity index (χ2v) is 8.63. The summed E-state index contributed by atoms with van der Waals surface area (Å²) in [7, 11) is 0. The largest absolute Gasteiger partial charge is 0.481 e. The molecule has 4 nitrogen and oxygen atoms in total. The molecule has 0 saturated carbocycles. The van der Waals surface area contributed by atoms with E-state index in [1.807, 2.05) is 6.20 Å². The summed E-state index contributed by atoms with van der Waals surface area (Å²) in [6, 6.07) is 0. The van der Waals surface area contributed by atoms with Crippen LogP contribution in [0.3, 0.4) is 0 Å². The molecular weight excluding hydrogens is 284 g/mol. The molecule has 1 aromatic heterocycles. The molecule has 0 aliphatic rings. The number of aromatic nitrogens is 2. The lowest BCUT2D eigenvalue weighted by Gasteiger charge is -2.36. The zero-order chi connectivity index (χ0) is 16.4. The van der Waals surface area contributed by atoms with Gasteiger partial charge < -0.3 is 9.67 Å². The van der Waals surface area contributed by atoms with E-state index in [1.54, 1.807) is 0 Å². The monoisotopic (exact) mass is 312 g/mol. The van der Waals surface area contributed by atoms with Crippen LogP contribution in [0.4, 0.5) is 0 Å². The van der Waals surface area contributed by atoms with E-state index in [0.29, 0.717) is 5.92 Å². The Morgan fingerprint density at radius 3 is 2.33 bits per heavy atom. The Kier molecular flexibility index (Phi) is 5.53. The van der Waals surface area contributed by atoms with Gasteiger partial charge in [-0.2, -0.15) is 0 Å². The molecule has 0 bridgehead atoms. The first-order valence-corrected chi connectivity index (χ1v) is 8.35. The van der Waals surface area contributed by atoms with E-state index in [4.69, 9.17) is 5.11 Å². The third-order valence-electron chi connectivity index (χ3n) is 3.24. The maximum Gasteiger partial charge on any atom is 0.313 e. The summed E-state index contributed by atoms with van der Waals surface area (Å²) in [4.78, 5) is 15.3. The molecule has 0 saturated heterocycles. The zero-order valence-electron chi connectivity index (χ0n) is 14.2. The molecule has 0 fully saturated rings. The number of nitrogens with zero attached hydrogens (tertiary/aromatic N) is 2. The van der Waals surface area contributed by atoms with E-state index in [-0.39, 0.29) is 16.7 Å². The Morgan fingerprint density at radius 2 is 1.90 bits per heavy atom. The Balaban J connectivity index is 3.22. The minimum absolute atomic E-state index is 0.0418. The third-order valence-corrected chi connectivity index (χ3v) is 4.18. The number of carboxylic acids is 1. The smallest absolute Gasteiger partial charge is 0.313 e. The van der Waals surface area contributed by atoms with E-state index in [0.717, 1.165) is 17.3 Å². The Bertz CT molecular complexity index is 499. The van der Waals surface area contributed by atoms with Gasteiger partial charge in [0.05, 0.1) is 5.75 Å². The number of aliphatic carboxylic acids is 1. The highest BCUT2D eigenvalue weighted by Gasteiger charge is 2.31. The van der Waals surface area contributed by atoms with Crippen LogP contribution in [0.2, 0.25) is 0 Å². The standard InChI is InChI=1S/C16H28N2O2S/c1-11(2)12-8-17-14(21-9-13(19)20)18(12)16(6,7)10-15(3,4)5/h8,11H,9-10H2,1-7H3,(H,19,20). The molecule has 0 aliphatic heterocycles. The number of imidazole rings is 1. The van der Waals surface area contributed by atoms with Gasteiger partial charge in [-0.05, 0) is 31.6 Å². The fourth-order valence-corrected chi connectivity index (χ4v) is 3.83. The van der Waals surface area contributed by atoms with E-state index >= 15 is 0 Å². The quantitative estimate of drug-likeness (QED) is 0.793. The highest BCUT2D eigenvalue weighted by Crippen LogP contribution is 2.37. The van der Waals surface area contributed by atoms with Gasteiger partial charge in [-0.25, -0.2) is 4.98 Å². The van der Waals surface area contributed by atoms with E-state index < -0.39 is 5.97 Å². The summed E-state index contributed by atoms with van der Waals surface area (Å²) in [5, 5.41) is 9.71. The van der Waals surface area contributed by atoms with Crippen molar-refractivity contribution in [1.29, 1.82) is 0 Å². The van der Waals surface area contributed by atoms with Crippen molar-refractivity contribution in [3.05, 3.63) is 11.9 Å². The average Bonchev–Trinajstić information content (AvgIpc) is 2.67. The summed E-state index contributed by atoms with van der Waals surface area (Å²) in [5.74, 6) is -0.412. The normalized spacial score (nSPS) is 13.0. The van der Waals surface area contributed by atoms with Crippen LogP contribution in [0.25, 0.3) is 0 Å². The lowest BCUT2D eigenvalue weighted by Crippen LogP contribution is -2.33. The maximum atomic E-state index is 10.8. The van der Waals surface area contributed by atoms with Crippen LogP contribution in [-0.2, 0) is 10.3 Å². The predicted octanol–water partition coefficient (Wildman–Crippen LogP) is 4.35. The van der Waals surface area contributed by atoms with Gasteiger partial charge in [-0.3, -0.25) is 4.79 Å². The number of carbonyl (C=O) groups is 1. The number of carboxylic acid groups (broad SMARTS) is 1. The Labute approximate surface area is 132 Å². The molecule has 0 unspecified atom stereocenters. The SMILES string of the molecule is CC(C)c1cnc(SCC(=O)O)n1C(C)(C)CC(C)(C)C. The summed E-state index contributed by atoms with van der Waals surface area (Å²) in [5.41, 5.74) is 1.25.